The van der Waals surface area contributed by atoms with Gasteiger partial charge in [0.2, 0.25) is 0 Å². The van der Waals surface area contributed by atoms with E-state index in [9.17, 15) is 4.39 Å². The molecule has 2 aromatic rings. The van der Waals surface area contributed by atoms with Crippen LogP contribution in [0.5, 0.6) is 5.75 Å². The van der Waals surface area contributed by atoms with Crippen molar-refractivity contribution in [3.8, 4) is 5.75 Å². The quantitative estimate of drug-likeness (QED) is 0.300. The van der Waals surface area contributed by atoms with Crippen LogP contribution in [-0.2, 0) is 16.0 Å². The fraction of sp³-hybridized carbons (Fsp3) is 0.435. The van der Waals surface area contributed by atoms with E-state index >= 15 is 0 Å². The molecule has 1 fully saturated rings. The largest absolute Gasteiger partial charge is 0.488 e. The fourth-order valence-corrected chi connectivity index (χ4v) is 3.31. The number of ether oxygens (including phenoxy) is 3. The van der Waals surface area contributed by atoms with Crippen molar-refractivity contribution in [3.63, 3.8) is 0 Å². The number of aryl methyl sites for hydroxylation is 1. The summed E-state index contributed by atoms with van der Waals surface area (Å²) in [4.78, 5) is 4.29. The van der Waals surface area contributed by atoms with Crippen molar-refractivity contribution >= 4 is 29.9 Å². The van der Waals surface area contributed by atoms with Crippen molar-refractivity contribution in [2.24, 2.45) is 4.99 Å². The molecular formula is C23H31FIN3O3. The maximum atomic E-state index is 13.2. The standard InChI is InChI=1S/C23H30FN3O3.HI/c1-16-4-5-18(21(12-16)30-20-10-11-29-15-20)13-26-23(25-2)27-14-22(28-3)17-6-8-19(24)9-7-17;/h4-9,12,20,22H,10-11,13-15H2,1-3H3,(H2,25,26,27);1H. The number of guanidine groups is 1. The minimum atomic E-state index is -0.265. The number of methoxy groups -OCH3 is 1. The van der Waals surface area contributed by atoms with E-state index in [0.29, 0.717) is 25.7 Å². The average molecular weight is 543 g/mol. The normalized spacial score (nSPS) is 17.0. The molecule has 3 rings (SSSR count). The molecule has 8 heteroatoms. The Hall–Kier alpha value is -1.91. The first-order valence-corrected chi connectivity index (χ1v) is 10.2. The lowest BCUT2D eigenvalue weighted by atomic mass is 10.1. The minimum absolute atomic E-state index is 0. The summed E-state index contributed by atoms with van der Waals surface area (Å²) in [6.07, 6.45) is 0.789. The van der Waals surface area contributed by atoms with Crippen molar-refractivity contribution in [1.29, 1.82) is 0 Å². The average Bonchev–Trinajstić information content (AvgIpc) is 3.26. The zero-order chi connectivity index (χ0) is 21.3. The van der Waals surface area contributed by atoms with E-state index in [1.165, 1.54) is 12.1 Å². The van der Waals surface area contributed by atoms with Crippen LogP contribution in [0.15, 0.2) is 47.5 Å². The van der Waals surface area contributed by atoms with Gasteiger partial charge >= 0.3 is 0 Å². The lowest BCUT2D eigenvalue weighted by Crippen LogP contribution is -2.39. The zero-order valence-corrected chi connectivity index (χ0v) is 20.5. The summed E-state index contributed by atoms with van der Waals surface area (Å²) in [6, 6.07) is 12.5. The molecule has 0 radical (unpaired) electrons. The van der Waals surface area contributed by atoms with E-state index in [4.69, 9.17) is 14.2 Å². The van der Waals surface area contributed by atoms with Crippen LogP contribution >= 0.6 is 24.0 Å². The number of aliphatic imine (C=N–C) groups is 1. The molecule has 2 aromatic carbocycles. The molecular weight excluding hydrogens is 512 g/mol. The second-order valence-corrected chi connectivity index (χ2v) is 7.30. The highest BCUT2D eigenvalue weighted by atomic mass is 127. The van der Waals surface area contributed by atoms with E-state index in [1.807, 2.05) is 0 Å². The third kappa shape index (κ3) is 7.62. The van der Waals surface area contributed by atoms with E-state index in [0.717, 1.165) is 35.5 Å². The van der Waals surface area contributed by atoms with Gasteiger partial charge in [-0.05, 0) is 36.2 Å². The summed E-state index contributed by atoms with van der Waals surface area (Å²) >= 11 is 0. The topological polar surface area (TPSA) is 64.1 Å². The van der Waals surface area contributed by atoms with Crippen molar-refractivity contribution in [1.82, 2.24) is 10.6 Å². The molecule has 0 aliphatic carbocycles. The number of benzene rings is 2. The fourth-order valence-electron chi connectivity index (χ4n) is 3.31. The molecule has 31 heavy (non-hydrogen) atoms. The van der Waals surface area contributed by atoms with E-state index in [-0.39, 0.29) is 42.0 Å². The monoisotopic (exact) mass is 543 g/mol. The van der Waals surface area contributed by atoms with Crippen molar-refractivity contribution in [2.75, 3.05) is 33.9 Å². The molecule has 0 amide bonds. The van der Waals surface area contributed by atoms with Crippen LogP contribution in [0.25, 0.3) is 0 Å². The van der Waals surface area contributed by atoms with Crippen molar-refractivity contribution in [2.45, 2.75) is 32.1 Å². The summed E-state index contributed by atoms with van der Waals surface area (Å²) in [5.74, 6) is 1.25. The molecule has 6 nitrogen and oxygen atoms in total. The molecule has 0 saturated carbocycles. The number of rotatable bonds is 8. The van der Waals surface area contributed by atoms with Gasteiger partial charge in [0.15, 0.2) is 5.96 Å². The molecule has 1 heterocycles. The van der Waals surface area contributed by atoms with E-state index < -0.39 is 0 Å². The Balaban J connectivity index is 0.00000341. The predicted octanol–water partition coefficient (Wildman–Crippen LogP) is 3.97. The zero-order valence-electron chi connectivity index (χ0n) is 18.2. The van der Waals surface area contributed by atoms with E-state index in [1.54, 1.807) is 26.3 Å². The summed E-state index contributed by atoms with van der Waals surface area (Å²) < 4.78 is 30.3. The molecule has 2 N–H and O–H groups in total. The summed E-state index contributed by atoms with van der Waals surface area (Å²) in [5, 5.41) is 6.59. The molecule has 0 aromatic heterocycles. The number of nitrogens with zero attached hydrogens (tertiary/aromatic N) is 1. The third-order valence-electron chi connectivity index (χ3n) is 5.06. The highest BCUT2D eigenvalue weighted by Crippen LogP contribution is 2.24. The van der Waals surface area contributed by atoms with Crippen LogP contribution in [0.1, 0.15) is 29.2 Å². The first kappa shape index (κ1) is 25.4. The third-order valence-corrected chi connectivity index (χ3v) is 5.06. The number of nitrogens with one attached hydrogen (secondary N) is 2. The number of halogens is 2. The summed E-state index contributed by atoms with van der Waals surface area (Å²) in [5.41, 5.74) is 3.10. The predicted molar refractivity (Wildman–Crippen MR) is 131 cm³/mol. The Bertz CT molecular complexity index is 842. The van der Waals surface area contributed by atoms with Crippen LogP contribution in [0.2, 0.25) is 0 Å². The first-order chi connectivity index (χ1) is 14.6. The number of hydrogen-bond donors (Lipinski definition) is 2. The highest BCUT2D eigenvalue weighted by Gasteiger charge is 2.19. The second kappa shape index (κ2) is 12.8. The van der Waals surface area contributed by atoms with Crippen molar-refractivity contribution < 1.29 is 18.6 Å². The van der Waals surface area contributed by atoms with E-state index in [2.05, 4.69) is 40.7 Å². The van der Waals surface area contributed by atoms with Gasteiger partial charge in [-0.15, -0.1) is 24.0 Å². The van der Waals surface area contributed by atoms with Gasteiger partial charge in [0.1, 0.15) is 17.7 Å². The molecule has 1 aliphatic heterocycles. The van der Waals surface area contributed by atoms with Gasteiger partial charge in [0, 0.05) is 39.2 Å². The van der Waals surface area contributed by atoms with Crippen LogP contribution in [0, 0.1) is 12.7 Å². The Morgan fingerprint density at radius 3 is 2.65 bits per heavy atom. The van der Waals surface area contributed by atoms with Crippen LogP contribution in [0.3, 0.4) is 0 Å². The van der Waals surface area contributed by atoms with Gasteiger partial charge in [-0.2, -0.15) is 0 Å². The lowest BCUT2D eigenvalue weighted by Gasteiger charge is -2.20. The molecule has 170 valence electrons. The van der Waals surface area contributed by atoms with Crippen LogP contribution < -0.4 is 15.4 Å². The molecule has 1 saturated heterocycles. The molecule has 1 aliphatic rings. The molecule has 2 unspecified atom stereocenters. The molecule has 0 bridgehead atoms. The SMILES string of the molecule is CN=C(NCc1ccc(C)cc1OC1CCOC1)NCC(OC)c1ccc(F)cc1.I. The second-order valence-electron chi connectivity index (χ2n) is 7.30. The van der Waals surface area contributed by atoms with Gasteiger partial charge in [-0.3, -0.25) is 4.99 Å². The van der Waals surface area contributed by atoms with Gasteiger partial charge in [0.05, 0.1) is 19.3 Å². The van der Waals surface area contributed by atoms with Crippen molar-refractivity contribution in [3.05, 3.63) is 65.0 Å². The van der Waals surface area contributed by atoms with Crippen LogP contribution in [0.4, 0.5) is 4.39 Å². The van der Waals surface area contributed by atoms with Crippen LogP contribution in [-0.4, -0.2) is 46.0 Å². The van der Waals surface area contributed by atoms with Gasteiger partial charge in [-0.1, -0.05) is 24.3 Å². The smallest absolute Gasteiger partial charge is 0.191 e. The Labute approximate surface area is 200 Å². The highest BCUT2D eigenvalue weighted by molar-refractivity contribution is 14.0. The Morgan fingerprint density at radius 1 is 1.23 bits per heavy atom. The summed E-state index contributed by atoms with van der Waals surface area (Å²) in [6.45, 7) is 4.49. The van der Waals surface area contributed by atoms with Gasteiger partial charge in [0.25, 0.3) is 0 Å². The maximum absolute atomic E-state index is 13.2. The van der Waals surface area contributed by atoms with Gasteiger partial charge < -0.3 is 24.8 Å². The summed E-state index contributed by atoms with van der Waals surface area (Å²) in [7, 11) is 3.35. The lowest BCUT2D eigenvalue weighted by molar-refractivity contribution is 0.106. The molecule has 0 spiro atoms. The number of hydrogen-bond acceptors (Lipinski definition) is 4. The minimum Gasteiger partial charge on any atom is -0.488 e. The Morgan fingerprint density at radius 2 is 2.00 bits per heavy atom. The Kier molecular flexibility index (Phi) is 10.5. The van der Waals surface area contributed by atoms with Gasteiger partial charge in [-0.25, -0.2) is 4.39 Å². The molecule has 2 atom stereocenters. The maximum Gasteiger partial charge on any atom is 0.191 e. The first-order valence-electron chi connectivity index (χ1n) is 10.2.